The van der Waals surface area contributed by atoms with Crippen LogP contribution in [-0.2, 0) is 0 Å². The third-order valence-corrected chi connectivity index (χ3v) is 1.65. The van der Waals surface area contributed by atoms with Gasteiger partial charge < -0.3 is 0 Å². The minimum Gasteiger partial charge on any atom is -0.103 e. The molecule has 12 heavy (non-hydrogen) atoms. The highest BCUT2D eigenvalue weighted by Crippen LogP contribution is 2.00. The Balaban J connectivity index is 3.12. The van der Waals surface area contributed by atoms with Gasteiger partial charge in [-0.2, -0.15) is 0 Å². The molecule has 0 rings (SSSR count). The first-order chi connectivity index (χ1) is 5.91. The van der Waals surface area contributed by atoms with Gasteiger partial charge in [0.25, 0.3) is 0 Å². The Morgan fingerprint density at radius 3 is 2.33 bits per heavy atom. The van der Waals surface area contributed by atoms with E-state index in [1.54, 1.807) is 0 Å². The first kappa shape index (κ1) is 11.2. The molecule has 0 radical (unpaired) electrons. The lowest BCUT2D eigenvalue weighted by atomic mass is 10.2. The lowest BCUT2D eigenvalue weighted by molar-refractivity contribution is 0.763. The number of hydrogen-bond acceptors (Lipinski definition) is 0. The van der Waals surface area contributed by atoms with Crippen LogP contribution in [0.5, 0.6) is 0 Å². The van der Waals surface area contributed by atoms with E-state index < -0.39 is 0 Å². The molecule has 0 nitrogen and oxygen atoms in total. The van der Waals surface area contributed by atoms with Crippen molar-refractivity contribution in [3.63, 3.8) is 0 Å². The molecule has 0 heterocycles. The molecule has 0 aromatic heterocycles. The summed E-state index contributed by atoms with van der Waals surface area (Å²) in [5.74, 6) is 0. The Morgan fingerprint density at radius 1 is 1.00 bits per heavy atom. The molecular weight excluding hydrogens is 144 g/mol. The second-order valence-electron chi connectivity index (χ2n) is 2.84. The summed E-state index contributed by atoms with van der Waals surface area (Å²) in [5, 5.41) is 0. The van der Waals surface area contributed by atoms with Gasteiger partial charge in [0.1, 0.15) is 0 Å². The smallest absolute Gasteiger partial charge is 0.0347 e. The van der Waals surface area contributed by atoms with Crippen LogP contribution in [0.3, 0.4) is 0 Å². The molecule has 0 bridgehead atoms. The maximum absolute atomic E-state index is 3.69. The molecule has 68 valence electrons. The Hall–Kier alpha value is -0.780. The molecule has 0 atom stereocenters. The Kier molecular flexibility index (Phi) is 9.56. The van der Waals surface area contributed by atoms with Crippen molar-refractivity contribution >= 4 is 0 Å². The fourth-order valence-corrected chi connectivity index (χ4v) is 0.940. The van der Waals surface area contributed by atoms with Crippen LogP contribution in [0.25, 0.3) is 0 Å². The highest BCUT2D eigenvalue weighted by molar-refractivity contribution is 5.01. The van der Waals surface area contributed by atoms with Crippen LogP contribution in [0.2, 0.25) is 0 Å². The highest BCUT2D eigenvalue weighted by Gasteiger charge is 1.80. The predicted molar refractivity (Wildman–Crippen MR) is 57.2 cm³/mol. The van der Waals surface area contributed by atoms with Crippen molar-refractivity contribution in [2.45, 2.75) is 39.0 Å². The molecule has 0 saturated carbocycles. The van der Waals surface area contributed by atoms with Gasteiger partial charge in [-0.3, -0.25) is 0 Å². The molecule has 0 aliphatic rings. The maximum Gasteiger partial charge on any atom is -0.0347 e. The van der Waals surface area contributed by atoms with Crippen LogP contribution in [0, 0.1) is 0 Å². The van der Waals surface area contributed by atoms with Crippen molar-refractivity contribution in [1.82, 2.24) is 0 Å². The van der Waals surface area contributed by atoms with Crippen molar-refractivity contribution in [3.05, 3.63) is 37.0 Å². The molecule has 0 aromatic carbocycles. The lowest BCUT2D eigenvalue weighted by Crippen LogP contribution is -1.70. The zero-order valence-electron chi connectivity index (χ0n) is 8.13. The zero-order valence-corrected chi connectivity index (χ0v) is 8.13. The van der Waals surface area contributed by atoms with Crippen LogP contribution >= 0.6 is 0 Å². The van der Waals surface area contributed by atoms with Gasteiger partial charge in [-0.05, 0) is 32.1 Å². The second kappa shape index (κ2) is 10.2. The van der Waals surface area contributed by atoms with Crippen molar-refractivity contribution < 1.29 is 0 Å². The Bertz CT molecular complexity index is 140. The summed E-state index contributed by atoms with van der Waals surface area (Å²) in [6, 6.07) is 0. The fourth-order valence-electron chi connectivity index (χ4n) is 0.940. The van der Waals surface area contributed by atoms with E-state index in [0.29, 0.717) is 0 Å². The number of unbranched alkanes of at least 4 members (excludes halogenated alkanes) is 3. The summed E-state index contributed by atoms with van der Waals surface area (Å²) in [4.78, 5) is 0. The van der Waals surface area contributed by atoms with Crippen LogP contribution < -0.4 is 0 Å². The molecule has 0 saturated heterocycles. The molecule has 0 heteroatoms. The first-order valence-corrected chi connectivity index (χ1v) is 4.84. The van der Waals surface area contributed by atoms with E-state index >= 15 is 0 Å². The molecule has 0 fully saturated rings. The average molecular weight is 164 g/mol. The normalized spacial score (nSPS) is 11.4. The average Bonchev–Trinajstić information content (AvgIpc) is 2.10. The van der Waals surface area contributed by atoms with Gasteiger partial charge in [0.15, 0.2) is 0 Å². The SMILES string of the molecule is C=CCCCCC=CC=CCC. The summed E-state index contributed by atoms with van der Waals surface area (Å²) in [7, 11) is 0. The van der Waals surface area contributed by atoms with Crippen molar-refractivity contribution in [1.29, 1.82) is 0 Å². The number of hydrogen-bond donors (Lipinski definition) is 0. The van der Waals surface area contributed by atoms with Crippen LogP contribution in [-0.4, -0.2) is 0 Å². The van der Waals surface area contributed by atoms with E-state index in [1.165, 1.54) is 19.3 Å². The van der Waals surface area contributed by atoms with E-state index in [2.05, 4.69) is 37.8 Å². The topological polar surface area (TPSA) is 0 Å². The van der Waals surface area contributed by atoms with E-state index in [9.17, 15) is 0 Å². The summed E-state index contributed by atoms with van der Waals surface area (Å²) in [5.41, 5.74) is 0. The van der Waals surface area contributed by atoms with Gasteiger partial charge >= 0.3 is 0 Å². The summed E-state index contributed by atoms with van der Waals surface area (Å²) in [6.07, 6.45) is 16.7. The predicted octanol–water partition coefficient (Wildman–Crippen LogP) is 4.26. The van der Waals surface area contributed by atoms with Crippen molar-refractivity contribution in [2.24, 2.45) is 0 Å². The van der Waals surface area contributed by atoms with Crippen molar-refractivity contribution in [2.75, 3.05) is 0 Å². The largest absolute Gasteiger partial charge is 0.103 e. The summed E-state index contributed by atoms with van der Waals surface area (Å²) in [6.45, 7) is 5.84. The Morgan fingerprint density at radius 2 is 1.67 bits per heavy atom. The van der Waals surface area contributed by atoms with Gasteiger partial charge in [-0.15, -0.1) is 6.58 Å². The van der Waals surface area contributed by atoms with Gasteiger partial charge in [-0.1, -0.05) is 37.3 Å². The molecule has 0 aliphatic heterocycles. The highest BCUT2D eigenvalue weighted by atomic mass is 13.9. The monoisotopic (exact) mass is 164 g/mol. The van der Waals surface area contributed by atoms with Gasteiger partial charge in [-0.25, -0.2) is 0 Å². The van der Waals surface area contributed by atoms with Crippen LogP contribution in [0.15, 0.2) is 37.0 Å². The molecule has 0 aliphatic carbocycles. The van der Waals surface area contributed by atoms with Gasteiger partial charge in [0.05, 0.1) is 0 Å². The molecule has 0 N–H and O–H groups in total. The molecule has 0 unspecified atom stereocenters. The van der Waals surface area contributed by atoms with Gasteiger partial charge in [0.2, 0.25) is 0 Å². The third kappa shape index (κ3) is 9.22. The summed E-state index contributed by atoms with van der Waals surface area (Å²) >= 11 is 0. The maximum atomic E-state index is 3.69. The first-order valence-electron chi connectivity index (χ1n) is 4.84. The lowest BCUT2D eigenvalue weighted by Gasteiger charge is -1.90. The summed E-state index contributed by atoms with van der Waals surface area (Å²) < 4.78 is 0. The second-order valence-corrected chi connectivity index (χ2v) is 2.84. The van der Waals surface area contributed by atoms with E-state index in [0.717, 1.165) is 12.8 Å². The fraction of sp³-hybridized carbons (Fsp3) is 0.500. The molecule has 0 amide bonds. The van der Waals surface area contributed by atoms with Crippen molar-refractivity contribution in [3.8, 4) is 0 Å². The van der Waals surface area contributed by atoms with E-state index in [-0.39, 0.29) is 0 Å². The Labute approximate surface area is 76.7 Å². The van der Waals surface area contributed by atoms with Crippen LogP contribution in [0.4, 0.5) is 0 Å². The molecule has 0 aromatic rings. The molecule has 0 spiro atoms. The standard InChI is InChI=1S/C12H20/c1-3-5-7-9-11-12-10-8-6-4-2/h3,6,8,10,12H,1,4-5,7,9,11H2,2H3. The minimum atomic E-state index is 1.13. The van der Waals surface area contributed by atoms with E-state index in [4.69, 9.17) is 0 Å². The van der Waals surface area contributed by atoms with E-state index in [1.807, 2.05) is 6.08 Å². The van der Waals surface area contributed by atoms with Crippen LogP contribution in [0.1, 0.15) is 39.0 Å². The number of allylic oxidation sites excluding steroid dienone is 5. The molecular formula is C12H20. The van der Waals surface area contributed by atoms with Gasteiger partial charge in [0, 0.05) is 0 Å². The quantitative estimate of drug-likeness (QED) is 0.300. The number of rotatable bonds is 7. The third-order valence-electron chi connectivity index (χ3n) is 1.65. The minimum absolute atomic E-state index is 1.13. The zero-order chi connectivity index (χ0) is 9.07.